The Morgan fingerprint density at radius 1 is 0.939 bits per heavy atom. The van der Waals surface area contributed by atoms with E-state index < -0.39 is 0 Å². The number of allylic oxidation sites excluding steroid dienone is 2. The largest absolute Gasteiger partial charge is 0.497 e. The van der Waals surface area contributed by atoms with Gasteiger partial charge in [0.05, 0.1) is 46.2 Å². The van der Waals surface area contributed by atoms with E-state index in [4.69, 9.17) is 23.7 Å². The van der Waals surface area contributed by atoms with E-state index in [1.807, 2.05) is 18.2 Å². The highest BCUT2D eigenvalue weighted by molar-refractivity contribution is 5.26. The molecule has 1 saturated carbocycles. The first-order chi connectivity index (χ1) is 16.3. The molecule has 0 radical (unpaired) electrons. The molecule has 2 aromatic rings. The molecule has 0 bridgehead atoms. The summed E-state index contributed by atoms with van der Waals surface area (Å²) in [5.74, 6) is 1.96. The Balaban J connectivity index is 1.43. The summed E-state index contributed by atoms with van der Waals surface area (Å²) >= 11 is 0. The number of hydrogen-bond acceptors (Lipinski definition) is 5. The van der Waals surface area contributed by atoms with Gasteiger partial charge in [-0.05, 0) is 48.4 Å². The maximum Gasteiger partial charge on any atom is 0.158 e. The van der Waals surface area contributed by atoms with Crippen LogP contribution < -0.4 is 4.74 Å². The molecule has 1 aliphatic heterocycles. The van der Waals surface area contributed by atoms with E-state index in [0.29, 0.717) is 44.9 Å². The fourth-order valence-electron chi connectivity index (χ4n) is 5.02. The number of rotatable bonds is 11. The van der Waals surface area contributed by atoms with Crippen LogP contribution in [0.4, 0.5) is 0 Å². The fraction of sp³-hybridized carbons (Fsp3) is 0.500. The van der Waals surface area contributed by atoms with E-state index in [0.717, 1.165) is 24.2 Å². The van der Waals surface area contributed by atoms with Gasteiger partial charge in [-0.1, -0.05) is 54.6 Å². The smallest absolute Gasteiger partial charge is 0.158 e. The molecule has 5 nitrogen and oxygen atoms in total. The zero-order valence-electron chi connectivity index (χ0n) is 19.7. The third-order valence-corrected chi connectivity index (χ3v) is 6.70. The van der Waals surface area contributed by atoms with Crippen LogP contribution in [0.15, 0.2) is 66.7 Å². The maximum absolute atomic E-state index is 6.51. The van der Waals surface area contributed by atoms with E-state index in [9.17, 15) is 0 Å². The SMILES string of the molecule is C/C=C/[C@H]1[C@@H](CC2OCCO2)C[C@H](OCc2ccc(OC)cc2)[C@@H]1COCc1ccccc1. The third-order valence-electron chi connectivity index (χ3n) is 6.70. The van der Waals surface area contributed by atoms with Gasteiger partial charge in [0.15, 0.2) is 6.29 Å². The van der Waals surface area contributed by atoms with E-state index in [1.165, 1.54) is 5.56 Å². The van der Waals surface area contributed by atoms with Crippen LogP contribution in [0.2, 0.25) is 0 Å². The van der Waals surface area contributed by atoms with Crippen LogP contribution in [0.3, 0.4) is 0 Å². The Morgan fingerprint density at radius 3 is 2.36 bits per heavy atom. The van der Waals surface area contributed by atoms with Crippen LogP contribution in [0.25, 0.3) is 0 Å². The van der Waals surface area contributed by atoms with Gasteiger partial charge in [-0.15, -0.1) is 0 Å². The predicted octanol–water partition coefficient (Wildman–Crippen LogP) is 5.39. The summed E-state index contributed by atoms with van der Waals surface area (Å²) in [7, 11) is 1.68. The first-order valence-electron chi connectivity index (χ1n) is 12.0. The average molecular weight is 453 g/mol. The van der Waals surface area contributed by atoms with Crippen LogP contribution in [0.5, 0.6) is 5.75 Å². The highest BCUT2D eigenvalue weighted by Crippen LogP contribution is 2.43. The monoisotopic (exact) mass is 452 g/mol. The van der Waals surface area contributed by atoms with Crippen molar-refractivity contribution in [3.8, 4) is 5.75 Å². The highest BCUT2D eigenvalue weighted by Gasteiger charge is 2.44. The summed E-state index contributed by atoms with van der Waals surface area (Å²) in [6.45, 7) is 5.33. The maximum atomic E-state index is 6.51. The van der Waals surface area contributed by atoms with Crippen LogP contribution in [0, 0.1) is 17.8 Å². The average Bonchev–Trinajstić information content (AvgIpc) is 3.48. The summed E-state index contributed by atoms with van der Waals surface area (Å²) in [5.41, 5.74) is 2.34. The lowest BCUT2D eigenvalue weighted by molar-refractivity contribution is -0.0600. The zero-order chi connectivity index (χ0) is 22.9. The minimum atomic E-state index is -0.103. The molecule has 4 atom stereocenters. The number of methoxy groups -OCH3 is 1. The number of hydrogen-bond donors (Lipinski definition) is 0. The van der Waals surface area contributed by atoms with Gasteiger partial charge in [0.1, 0.15) is 5.75 Å². The van der Waals surface area contributed by atoms with Crippen molar-refractivity contribution in [2.75, 3.05) is 26.9 Å². The minimum Gasteiger partial charge on any atom is -0.497 e. The normalized spacial score (nSPS) is 25.8. The van der Waals surface area contributed by atoms with Crippen molar-refractivity contribution in [3.63, 3.8) is 0 Å². The molecule has 0 aromatic heterocycles. The molecule has 0 unspecified atom stereocenters. The van der Waals surface area contributed by atoms with Crippen LogP contribution >= 0.6 is 0 Å². The lowest BCUT2D eigenvalue weighted by atomic mass is 9.87. The lowest BCUT2D eigenvalue weighted by Crippen LogP contribution is -2.27. The second kappa shape index (κ2) is 12.3. The van der Waals surface area contributed by atoms with Crippen molar-refractivity contribution in [1.29, 1.82) is 0 Å². The van der Waals surface area contributed by atoms with Crippen molar-refractivity contribution in [2.45, 2.75) is 45.4 Å². The molecule has 4 rings (SSSR count). The van der Waals surface area contributed by atoms with Crippen molar-refractivity contribution in [1.82, 2.24) is 0 Å². The van der Waals surface area contributed by atoms with E-state index in [2.05, 4.69) is 55.5 Å². The Hall–Kier alpha value is -2.18. The molecule has 178 valence electrons. The Labute approximate surface area is 197 Å². The van der Waals surface area contributed by atoms with Gasteiger partial charge in [-0.3, -0.25) is 0 Å². The van der Waals surface area contributed by atoms with Crippen molar-refractivity contribution < 1.29 is 23.7 Å². The fourth-order valence-corrected chi connectivity index (χ4v) is 5.02. The van der Waals surface area contributed by atoms with Crippen molar-refractivity contribution >= 4 is 0 Å². The number of ether oxygens (including phenoxy) is 5. The van der Waals surface area contributed by atoms with Gasteiger partial charge in [0, 0.05) is 12.3 Å². The van der Waals surface area contributed by atoms with Gasteiger partial charge < -0.3 is 23.7 Å². The molecule has 2 fully saturated rings. The van der Waals surface area contributed by atoms with Gasteiger partial charge in [0.2, 0.25) is 0 Å². The third kappa shape index (κ3) is 6.67. The quantitative estimate of drug-likeness (QED) is 0.428. The van der Waals surface area contributed by atoms with Gasteiger partial charge in [0.25, 0.3) is 0 Å². The Kier molecular flexibility index (Phi) is 8.95. The van der Waals surface area contributed by atoms with E-state index in [1.54, 1.807) is 7.11 Å². The van der Waals surface area contributed by atoms with Crippen LogP contribution in [-0.2, 0) is 32.2 Å². The summed E-state index contributed by atoms with van der Waals surface area (Å²) in [5, 5.41) is 0. The molecule has 0 spiro atoms. The summed E-state index contributed by atoms with van der Waals surface area (Å²) in [4.78, 5) is 0. The van der Waals surface area contributed by atoms with Gasteiger partial charge >= 0.3 is 0 Å². The first kappa shape index (κ1) is 24.0. The topological polar surface area (TPSA) is 46.2 Å². The van der Waals surface area contributed by atoms with E-state index >= 15 is 0 Å². The molecule has 0 amide bonds. The second-order valence-corrected chi connectivity index (χ2v) is 8.87. The summed E-state index contributed by atoms with van der Waals surface area (Å²) < 4.78 is 29.5. The van der Waals surface area contributed by atoms with Gasteiger partial charge in [-0.25, -0.2) is 0 Å². The zero-order valence-corrected chi connectivity index (χ0v) is 19.7. The lowest BCUT2D eigenvalue weighted by Gasteiger charge is -2.25. The Morgan fingerprint density at radius 2 is 1.67 bits per heavy atom. The van der Waals surface area contributed by atoms with E-state index in [-0.39, 0.29) is 18.3 Å². The highest BCUT2D eigenvalue weighted by atomic mass is 16.7. The molecule has 1 saturated heterocycles. The standard InChI is InChI=1S/C28H36O5/c1-3-7-25-23(17-28-31-14-15-32-28)16-27(33-19-22-10-12-24(29-2)13-11-22)26(25)20-30-18-21-8-5-4-6-9-21/h3-13,23,25-28H,14-20H2,1-2H3/b7-3+/t23-,25+,26-,27+/m1/s1. The second-order valence-electron chi connectivity index (χ2n) is 8.87. The molecule has 1 aliphatic carbocycles. The van der Waals surface area contributed by atoms with Crippen LogP contribution in [-0.4, -0.2) is 39.3 Å². The number of benzene rings is 2. The van der Waals surface area contributed by atoms with Crippen molar-refractivity contribution in [3.05, 3.63) is 77.9 Å². The first-order valence-corrected chi connectivity index (χ1v) is 12.0. The van der Waals surface area contributed by atoms with Crippen LogP contribution in [0.1, 0.15) is 30.9 Å². The molecule has 0 N–H and O–H groups in total. The Bertz CT molecular complexity index is 844. The predicted molar refractivity (Wildman–Crippen MR) is 128 cm³/mol. The van der Waals surface area contributed by atoms with Crippen molar-refractivity contribution in [2.24, 2.45) is 17.8 Å². The molecular formula is C28H36O5. The molecule has 1 heterocycles. The minimum absolute atomic E-state index is 0.103. The summed E-state index contributed by atoms with van der Waals surface area (Å²) in [6.07, 6.45) is 6.38. The molecule has 33 heavy (non-hydrogen) atoms. The summed E-state index contributed by atoms with van der Waals surface area (Å²) in [6, 6.07) is 18.4. The van der Waals surface area contributed by atoms with Gasteiger partial charge in [-0.2, -0.15) is 0 Å². The molecule has 2 aliphatic rings. The molecule has 5 heteroatoms. The molecular weight excluding hydrogens is 416 g/mol. The molecule has 2 aromatic carbocycles.